The minimum absolute atomic E-state index is 0. The van der Waals surface area contributed by atoms with Crippen molar-refractivity contribution >= 4 is 18.9 Å². The summed E-state index contributed by atoms with van der Waals surface area (Å²) in [5.74, 6) is 3.56. The molecular weight excluding hydrogens is 55.0 g/mol. The third kappa shape index (κ3) is 21.3. The first-order chi connectivity index (χ1) is 1.91. The van der Waals surface area contributed by atoms with Crippen molar-refractivity contribution in [3.63, 3.8) is 0 Å². The second kappa shape index (κ2) is 9.31. The molecule has 0 N–H and O–H groups in total. The van der Waals surface area contributed by atoms with Gasteiger partial charge in [0.05, 0.1) is 0 Å². The number of hydrogen-bond acceptors (Lipinski definition) is 0. The van der Waals surface area contributed by atoms with Gasteiger partial charge in [-0.25, -0.2) is 0 Å². The molecule has 1 heteroatoms. The van der Waals surface area contributed by atoms with E-state index in [1.54, 1.807) is 5.92 Å². The van der Waals surface area contributed by atoms with Crippen molar-refractivity contribution in [3.8, 4) is 18.3 Å². The molecule has 0 aromatic rings. The van der Waals surface area contributed by atoms with Gasteiger partial charge in [-0.2, -0.15) is 0 Å². The third-order valence-corrected chi connectivity index (χ3v) is 0.0722. The first-order valence-electron chi connectivity index (χ1n) is 0.789. The van der Waals surface area contributed by atoms with E-state index in [4.69, 9.17) is 6.42 Å². The van der Waals surface area contributed by atoms with Crippen molar-refractivity contribution in [1.29, 1.82) is 0 Å². The van der Waals surface area contributed by atoms with E-state index in [0.29, 0.717) is 0 Å². The summed E-state index contributed by atoms with van der Waals surface area (Å²) in [5.41, 5.74) is 0. The molecule has 0 fully saturated rings. The SMILES string of the molecule is [C]#CC#C.[LiH]. The van der Waals surface area contributed by atoms with E-state index in [1.807, 2.05) is 5.92 Å². The van der Waals surface area contributed by atoms with Crippen LogP contribution in [0.25, 0.3) is 0 Å². The molecule has 0 atom stereocenters. The molecule has 0 spiro atoms. The predicted octanol–water partition coefficient (Wildman–Crippen LogP) is -0.439. The Bertz CT molecular complexity index is 58.6. The summed E-state index contributed by atoms with van der Waals surface area (Å²) >= 11 is 0. The second-order valence-corrected chi connectivity index (χ2v) is 0.269. The monoisotopic (exact) mass is 57.0 g/mol. The van der Waals surface area contributed by atoms with Gasteiger partial charge in [0.2, 0.25) is 0 Å². The first kappa shape index (κ1) is 8.83. The zero-order chi connectivity index (χ0) is 3.41. The Morgan fingerprint density at radius 3 is 1.80 bits per heavy atom. The van der Waals surface area contributed by atoms with Gasteiger partial charge in [0.25, 0.3) is 0 Å². The van der Waals surface area contributed by atoms with Crippen LogP contribution in [0.4, 0.5) is 0 Å². The van der Waals surface area contributed by atoms with E-state index in [0.717, 1.165) is 0 Å². The Morgan fingerprint density at radius 2 is 1.80 bits per heavy atom. The van der Waals surface area contributed by atoms with Crippen LogP contribution < -0.4 is 0 Å². The summed E-state index contributed by atoms with van der Waals surface area (Å²) < 4.78 is 0. The predicted molar refractivity (Wildman–Crippen MR) is 23.1 cm³/mol. The maximum absolute atomic E-state index is 5.97. The Balaban J connectivity index is 0. The standard InChI is InChI=1S/C4H.Li.H/c1-3-4-2;;/h1H;;. The van der Waals surface area contributed by atoms with Gasteiger partial charge in [-0.1, -0.05) is 0 Å². The molecule has 0 bridgehead atoms. The van der Waals surface area contributed by atoms with Crippen molar-refractivity contribution in [2.45, 2.75) is 0 Å². The number of rotatable bonds is 0. The Morgan fingerprint density at radius 1 is 1.60 bits per heavy atom. The quantitative estimate of drug-likeness (QED) is 0.261. The fourth-order valence-corrected chi connectivity index (χ4v) is 0. The molecule has 1 radical (unpaired) electrons. The van der Waals surface area contributed by atoms with Crippen LogP contribution in [0.2, 0.25) is 0 Å². The first-order valence-corrected chi connectivity index (χ1v) is 0.789. The molecule has 0 rings (SSSR count). The molecule has 0 aliphatic rings. The van der Waals surface area contributed by atoms with Gasteiger partial charge in [0.15, 0.2) is 0 Å². The molecule has 0 aliphatic heterocycles. The molecule has 0 saturated carbocycles. The van der Waals surface area contributed by atoms with Gasteiger partial charge in [-0.3, -0.25) is 0 Å². The Kier molecular flexibility index (Phi) is 16.4. The molecule has 0 aromatic heterocycles. The normalized spacial score (nSPS) is 2.00. The van der Waals surface area contributed by atoms with Gasteiger partial charge in [0, 0.05) is 0 Å². The Labute approximate surface area is 44.1 Å². The van der Waals surface area contributed by atoms with E-state index < -0.39 is 0 Å². The zero-order valence-corrected chi connectivity index (χ0v) is 2.08. The molecule has 19 valence electrons. The van der Waals surface area contributed by atoms with E-state index >= 15 is 0 Å². The minimum atomic E-state index is 0. The summed E-state index contributed by atoms with van der Waals surface area (Å²) in [6.07, 6.45) is 10.4. The summed E-state index contributed by atoms with van der Waals surface area (Å²) in [6, 6.07) is 0. The van der Waals surface area contributed by atoms with Gasteiger partial charge in [0.1, 0.15) is 0 Å². The Hall–Kier alpha value is -0.283. The molecule has 0 aliphatic carbocycles. The average Bonchev–Trinajstić information content (AvgIpc) is 1.37. The van der Waals surface area contributed by atoms with E-state index in [9.17, 15) is 0 Å². The van der Waals surface area contributed by atoms with Crippen molar-refractivity contribution in [3.05, 3.63) is 6.42 Å². The van der Waals surface area contributed by atoms with Crippen LogP contribution >= 0.6 is 0 Å². The van der Waals surface area contributed by atoms with E-state index in [2.05, 4.69) is 6.42 Å². The fourth-order valence-electron chi connectivity index (χ4n) is 0. The van der Waals surface area contributed by atoms with Gasteiger partial charge in [-0.15, -0.1) is 6.42 Å². The molecule has 0 nitrogen and oxygen atoms in total. The summed E-state index contributed by atoms with van der Waals surface area (Å²) in [7, 11) is 0. The molecule has 0 aromatic carbocycles. The van der Waals surface area contributed by atoms with Crippen molar-refractivity contribution in [2.75, 3.05) is 0 Å². The van der Waals surface area contributed by atoms with Crippen LogP contribution in [0.1, 0.15) is 0 Å². The summed E-state index contributed by atoms with van der Waals surface area (Å²) in [4.78, 5) is 0. The second-order valence-electron chi connectivity index (χ2n) is 0.269. The van der Waals surface area contributed by atoms with Crippen LogP contribution in [0.5, 0.6) is 0 Å². The van der Waals surface area contributed by atoms with Gasteiger partial charge >= 0.3 is 18.9 Å². The van der Waals surface area contributed by atoms with Crippen LogP contribution in [0, 0.1) is 24.7 Å². The molecule has 0 heterocycles. The van der Waals surface area contributed by atoms with Crippen LogP contribution in [-0.4, -0.2) is 18.9 Å². The molecular formula is C4H2Li. The average molecular weight is 57.0 g/mol. The molecule has 0 unspecified atom stereocenters. The van der Waals surface area contributed by atoms with Crippen molar-refractivity contribution in [2.24, 2.45) is 0 Å². The number of terminal acetylenes is 1. The molecule has 0 saturated heterocycles. The summed E-state index contributed by atoms with van der Waals surface area (Å²) in [5, 5.41) is 0. The van der Waals surface area contributed by atoms with Crippen molar-refractivity contribution in [1.82, 2.24) is 0 Å². The van der Waals surface area contributed by atoms with E-state index in [1.165, 1.54) is 0 Å². The van der Waals surface area contributed by atoms with Gasteiger partial charge < -0.3 is 0 Å². The van der Waals surface area contributed by atoms with Crippen LogP contribution in [0.15, 0.2) is 0 Å². The zero-order valence-electron chi connectivity index (χ0n) is 2.08. The van der Waals surface area contributed by atoms with Crippen LogP contribution in [0.3, 0.4) is 0 Å². The van der Waals surface area contributed by atoms with Crippen molar-refractivity contribution < 1.29 is 0 Å². The topological polar surface area (TPSA) is 0 Å². The molecule has 0 amide bonds. The fraction of sp³-hybridized carbons (Fsp3) is 0. The third-order valence-electron chi connectivity index (χ3n) is 0.0722. The molecule has 5 heavy (non-hydrogen) atoms. The van der Waals surface area contributed by atoms with Crippen LogP contribution in [-0.2, 0) is 0 Å². The summed E-state index contributed by atoms with van der Waals surface area (Å²) in [6.45, 7) is 0. The number of hydrogen-bond donors (Lipinski definition) is 0. The van der Waals surface area contributed by atoms with Gasteiger partial charge in [-0.05, 0) is 18.3 Å². The van der Waals surface area contributed by atoms with E-state index in [-0.39, 0.29) is 18.9 Å². The maximum atomic E-state index is 5.97.